The first kappa shape index (κ1) is 18.4. The lowest BCUT2D eigenvalue weighted by molar-refractivity contribution is -0.135. The Morgan fingerprint density at radius 2 is 2.12 bits per heavy atom. The lowest BCUT2D eigenvalue weighted by Crippen LogP contribution is -2.40. The second-order valence-corrected chi connectivity index (χ2v) is 8.66. The molecule has 0 bridgehead atoms. The van der Waals surface area contributed by atoms with E-state index in [0.717, 1.165) is 45.7 Å². The van der Waals surface area contributed by atoms with Gasteiger partial charge in [-0.3, -0.25) is 14.5 Å². The van der Waals surface area contributed by atoms with Gasteiger partial charge in [-0.2, -0.15) is 0 Å². The number of carbonyl (C=O) groups is 2. The van der Waals surface area contributed by atoms with E-state index >= 15 is 0 Å². The summed E-state index contributed by atoms with van der Waals surface area (Å²) in [6.07, 6.45) is 1.40. The topological polar surface area (TPSA) is 43.9 Å². The Labute approximate surface area is 154 Å². The summed E-state index contributed by atoms with van der Waals surface area (Å²) in [5.74, 6) is 0.621. The van der Waals surface area contributed by atoms with Crippen molar-refractivity contribution in [3.8, 4) is 0 Å². The largest absolute Gasteiger partial charge is 0.342 e. The van der Waals surface area contributed by atoms with Crippen molar-refractivity contribution in [2.75, 3.05) is 39.3 Å². The summed E-state index contributed by atoms with van der Waals surface area (Å²) in [6.45, 7) is 10.1. The SMILES string of the molecule is CC(C)CN1C[C@@H](C(=O)N2CCCN(Cc3cccs3)CC2)CC1=O. The van der Waals surface area contributed by atoms with Crippen LogP contribution in [0, 0.1) is 11.8 Å². The van der Waals surface area contributed by atoms with Crippen LogP contribution in [0.25, 0.3) is 0 Å². The molecule has 25 heavy (non-hydrogen) atoms. The Kier molecular flexibility index (Phi) is 6.12. The van der Waals surface area contributed by atoms with Crippen molar-refractivity contribution in [2.45, 2.75) is 33.2 Å². The fourth-order valence-corrected chi connectivity index (χ4v) is 4.53. The van der Waals surface area contributed by atoms with Crippen LogP contribution in [0.1, 0.15) is 31.6 Å². The molecule has 0 spiro atoms. The Balaban J connectivity index is 1.52. The number of carbonyl (C=O) groups excluding carboxylic acids is 2. The third kappa shape index (κ3) is 4.82. The smallest absolute Gasteiger partial charge is 0.228 e. The normalized spacial score (nSPS) is 22.7. The van der Waals surface area contributed by atoms with E-state index in [1.807, 2.05) is 9.80 Å². The van der Waals surface area contributed by atoms with E-state index in [1.165, 1.54) is 4.88 Å². The van der Waals surface area contributed by atoms with Gasteiger partial charge in [-0.15, -0.1) is 11.3 Å². The highest BCUT2D eigenvalue weighted by Gasteiger charge is 2.36. The molecular weight excluding hydrogens is 334 g/mol. The molecule has 1 aromatic heterocycles. The monoisotopic (exact) mass is 363 g/mol. The van der Waals surface area contributed by atoms with Crippen LogP contribution in [0.4, 0.5) is 0 Å². The van der Waals surface area contributed by atoms with Crippen LogP contribution < -0.4 is 0 Å². The Hall–Kier alpha value is -1.40. The maximum absolute atomic E-state index is 12.9. The highest BCUT2D eigenvalue weighted by Crippen LogP contribution is 2.22. The molecular formula is C19H29N3O2S. The van der Waals surface area contributed by atoms with Crippen LogP contribution in [-0.4, -0.2) is 65.8 Å². The predicted octanol–water partition coefficient (Wildman–Crippen LogP) is 2.29. The molecule has 3 heterocycles. The van der Waals surface area contributed by atoms with Crippen molar-refractivity contribution in [3.05, 3.63) is 22.4 Å². The van der Waals surface area contributed by atoms with Crippen molar-refractivity contribution in [2.24, 2.45) is 11.8 Å². The fraction of sp³-hybridized carbons (Fsp3) is 0.684. The van der Waals surface area contributed by atoms with Crippen LogP contribution in [0.15, 0.2) is 17.5 Å². The highest BCUT2D eigenvalue weighted by molar-refractivity contribution is 7.09. The first-order chi connectivity index (χ1) is 12.0. The highest BCUT2D eigenvalue weighted by atomic mass is 32.1. The number of nitrogens with zero attached hydrogens (tertiary/aromatic N) is 3. The molecule has 3 rings (SSSR count). The van der Waals surface area contributed by atoms with Crippen LogP contribution in [0.5, 0.6) is 0 Å². The van der Waals surface area contributed by atoms with Crippen LogP contribution >= 0.6 is 11.3 Å². The van der Waals surface area contributed by atoms with Crippen molar-refractivity contribution >= 4 is 23.2 Å². The van der Waals surface area contributed by atoms with E-state index in [9.17, 15) is 9.59 Å². The Bertz CT molecular complexity index is 587. The first-order valence-electron chi connectivity index (χ1n) is 9.34. The number of thiophene rings is 1. The first-order valence-corrected chi connectivity index (χ1v) is 10.2. The lowest BCUT2D eigenvalue weighted by Gasteiger charge is -2.25. The quantitative estimate of drug-likeness (QED) is 0.806. The van der Waals surface area contributed by atoms with Crippen LogP contribution in [-0.2, 0) is 16.1 Å². The molecule has 6 heteroatoms. The zero-order valence-corrected chi connectivity index (χ0v) is 16.1. The summed E-state index contributed by atoms with van der Waals surface area (Å²) >= 11 is 1.79. The molecule has 0 aromatic carbocycles. The summed E-state index contributed by atoms with van der Waals surface area (Å²) in [4.78, 5) is 32.7. The third-order valence-corrected chi connectivity index (χ3v) is 5.87. The molecule has 0 N–H and O–H groups in total. The fourth-order valence-electron chi connectivity index (χ4n) is 3.79. The second kappa shape index (κ2) is 8.32. The summed E-state index contributed by atoms with van der Waals surface area (Å²) < 4.78 is 0. The summed E-state index contributed by atoms with van der Waals surface area (Å²) in [6, 6.07) is 4.26. The number of amides is 2. The van der Waals surface area contributed by atoms with Gasteiger partial charge in [0.05, 0.1) is 5.92 Å². The van der Waals surface area contributed by atoms with Crippen molar-refractivity contribution in [1.82, 2.24) is 14.7 Å². The molecule has 1 aromatic rings. The minimum absolute atomic E-state index is 0.140. The van der Waals surface area contributed by atoms with E-state index in [2.05, 4.69) is 36.3 Å². The van der Waals surface area contributed by atoms with Gasteiger partial charge in [0.25, 0.3) is 0 Å². The van der Waals surface area contributed by atoms with Crippen molar-refractivity contribution < 1.29 is 9.59 Å². The zero-order chi connectivity index (χ0) is 17.8. The van der Waals surface area contributed by atoms with Gasteiger partial charge in [0.1, 0.15) is 0 Å². The van der Waals surface area contributed by atoms with E-state index in [1.54, 1.807) is 11.3 Å². The van der Waals surface area contributed by atoms with E-state index in [0.29, 0.717) is 18.9 Å². The molecule has 2 fully saturated rings. The van der Waals surface area contributed by atoms with Gasteiger partial charge in [-0.25, -0.2) is 0 Å². The van der Waals surface area contributed by atoms with Gasteiger partial charge < -0.3 is 9.80 Å². The zero-order valence-electron chi connectivity index (χ0n) is 15.3. The molecule has 138 valence electrons. The van der Waals surface area contributed by atoms with Gasteiger partial charge in [-0.1, -0.05) is 19.9 Å². The average molecular weight is 364 g/mol. The van der Waals surface area contributed by atoms with Gasteiger partial charge in [0.15, 0.2) is 0 Å². The summed E-state index contributed by atoms with van der Waals surface area (Å²) in [5, 5.41) is 2.11. The predicted molar refractivity (Wildman–Crippen MR) is 100 cm³/mol. The van der Waals surface area contributed by atoms with Crippen LogP contribution in [0.2, 0.25) is 0 Å². The number of hydrogen-bond donors (Lipinski definition) is 0. The molecule has 2 saturated heterocycles. The van der Waals surface area contributed by atoms with E-state index < -0.39 is 0 Å². The van der Waals surface area contributed by atoms with Gasteiger partial charge >= 0.3 is 0 Å². The van der Waals surface area contributed by atoms with Gasteiger partial charge in [-0.05, 0) is 23.8 Å². The minimum atomic E-state index is -0.143. The van der Waals surface area contributed by atoms with Crippen molar-refractivity contribution in [1.29, 1.82) is 0 Å². The van der Waals surface area contributed by atoms with E-state index in [4.69, 9.17) is 0 Å². The second-order valence-electron chi connectivity index (χ2n) is 7.63. The molecule has 2 amide bonds. The number of rotatable bonds is 5. The van der Waals surface area contributed by atoms with Gasteiger partial charge in [0.2, 0.25) is 11.8 Å². The maximum Gasteiger partial charge on any atom is 0.228 e. The molecule has 0 saturated carbocycles. The Morgan fingerprint density at radius 3 is 2.84 bits per heavy atom. The molecule has 0 unspecified atom stereocenters. The van der Waals surface area contributed by atoms with Gasteiger partial charge in [0, 0.05) is 57.1 Å². The number of likely N-dealkylation sites (tertiary alicyclic amines) is 1. The third-order valence-electron chi connectivity index (χ3n) is 5.01. The molecule has 1 atom stereocenters. The number of hydrogen-bond acceptors (Lipinski definition) is 4. The molecule has 5 nitrogen and oxygen atoms in total. The molecule has 0 aliphatic carbocycles. The van der Waals surface area contributed by atoms with Crippen LogP contribution in [0.3, 0.4) is 0 Å². The molecule has 2 aliphatic rings. The molecule has 2 aliphatic heterocycles. The minimum Gasteiger partial charge on any atom is -0.342 e. The average Bonchev–Trinajstić information content (AvgIpc) is 3.12. The lowest BCUT2D eigenvalue weighted by atomic mass is 10.1. The summed E-state index contributed by atoms with van der Waals surface area (Å²) in [7, 11) is 0. The Morgan fingerprint density at radius 1 is 1.28 bits per heavy atom. The summed E-state index contributed by atoms with van der Waals surface area (Å²) in [5.41, 5.74) is 0. The maximum atomic E-state index is 12.9. The van der Waals surface area contributed by atoms with E-state index in [-0.39, 0.29) is 17.7 Å². The standard InChI is InChI=1S/C19H29N3O2S/c1-15(2)12-22-13-16(11-18(22)23)19(24)21-7-4-6-20(8-9-21)14-17-5-3-10-25-17/h3,5,10,15-16H,4,6-9,11-14H2,1-2H3/t16-/m0/s1. The van der Waals surface area contributed by atoms with Crippen molar-refractivity contribution in [3.63, 3.8) is 0 Å². The molecule has 0 radical (unpaired) electrons.